The number of amides is 1. The van der Waals surface area contributed by atoms with Crippen LogP contribution in [0.5, 0.6) is 0 Å². The van der Waals surface area contributed by atoms with Crippen LogP contribution in [0.4, 0.5) is 5.95 Å². The van der Waals surface area contributed by atoms with Crippen LogP contribution >= 0.6 is 15.9 Å². The van der Waals surface area contributed by atoms with Crippen molar-refractivity contribution in [1.29, 1.82) is 0 Å². The fourth-order valence-corrected chi connectivity index (χ4v) is 1.83. The molecule has 88 valence electrons. The summed E-state index contributed by atoms with van der Waals surface area (Å²) >= 11 is 3.39. The molecule has 2 N–H and O–H groups in total. The van der Waals surface area contributed by atoms with Gasteiger partial charge in [-0.2, -0.15) is 4.98 Å². The number of nitrogens with one attached hydrogen (secondary N) is 2. The van der Waals surface area contributed by atoms with Gasteiger partial charge >= 0.3 is 0 Å². The van der Waals surface area contributed by atoms with Crippen molar-refractivity contribution in [2.24, 2.45) is 0 Å². The Hall–Kier alpha value is -1.69. The minimum atomic E-state index is -0.237. The third-order valence-corrected chi connectivity index (χ3v) is 3.31. The monoisotopic (exact) mass is 294 g/mol. The van der Waals surface area contributed by atoms with Gasteiger partial charge in [0, 0.05) is 4.47 Å². The molecular formula is C11H11BrN4O. The van der Waals surface area contributed by atoms with Crippen LogP contribution in [-0.4, -0.2) is 21.1 Å². The van der Waals surface area contributed by atoms with Crippen LogP contribution in [0.15, 0.2) is 22.7 Å². The molecule has 0 saturated heterocycles. The molecule has 2 rings (SSSR count). The molecule has 1 amide bonds. The second kappa shape index (κ2) is 4.67. The van der Waals surface area contributed by atoms with E-state index in [0.29, 0.717) is 11.4 Å². The zero-order chi connectivity index (χ0) is 12.4. The average molecular weight is 295 g/mol. The van der Waals surface area contributed by atoms with E-state index in [4.69, 9.17) is 0 Å². The molecule has 0 aliphatic carbocycles. The second-order valence-corrected chi connectivity index (χ2v) is 4.43. The molecule has 1 aromatic heterocycles. The van der Waals surface area contributed by atoms with Crippen molar-refractivity contribution in [2.45, 2.75) is 13.8 Å². The molecule has 6 heteroatoms. The molecule has 1 aromatic carbocycles. The topological polar surface area (TPSA) is 70.7 Å². The van der Waals surface area contributed by atoms with Gasteiger partial charge in [0.1, 0.15) is 5.82 Å². The summed E-state index contributed by atoms with van der Waals surface area (Å²) in [5.74, 6) is 0.698. The van der Waals surface area contributed by atoms with E-state index in [0.717, 1.165) is 10.0 Å². The number of carbonyl (C=O) groups excluding carboxylic acids is 1. The molecule has 17 heavy (non-hydrogen) atoms. The van der Waals surface area contributed by atoms with Crippen molar-refractivity contribution in [3.8, 4) is 0 Å². The van der Waals surface area contributed by atoms with E-state index in [2.05, 4.69) is 36.4 Å². The van der Waals surface area contributed by atoms with Crippen LogP contribution in [0, 0.1) is 13.8 Å². The van der Waals surface area contributed by atoms with E-state index >= 15 is 0 Å². The summed E-state index contributed by atoms with van der Waals surface area (Å²) < 4.78 is 0.782. The summed E-state index contributed by atoms with van der Waals surface area (Å²) in [6, 6.07) is 5.50. The lowest BCUT2D eigenvalue weighted by Crippen LogP contribution is -2.14. The molecule has 0 atom stereocenters. The van der Waals surface area contributed by atoms with E-state index in [9.17, 15) is 4.79 Å². The number of benzene rings is 1. The summed E-state index contributed by atoms with van der Waals surface area (Å²) in [6.07, 6.45) is 0. The number of aromatic nitrogens is 3. The number of aryl methyl sites for hydroxylation is 2. The molecular weight excluding hydrogens is 284 g/mol. The number of anilines is 1. The fourth-order valence-electron chi connectivity index (χ4n) is 1.39. The van der Waals surface area contributed by atoms with Gasteiger partial charge in [-0.3, -0.25) is 15.2 Å². The summed E-state index contributed by atoms with van der Waals surface area (Å²) in [5, 5.41) is 9.14. The van der Waals surface area contributed by atoms with E-state index in [1.54, 1.807) is 13.0 Å². The summed E-state index contributed by atoms with van der Waals surface area (Å²) in [5.41, 5.74) is 1.57. The van der Waals surface area contributed by atoms with Gasteiger partial charge < -0.3 is 0 Å². The van der Waals surface area contributed by atoms with Crippen molar-refractivity contribution >= 4 is 27.8 Å². The van der Waals surface area contributed by atoms with Crippen LogP contribution in [0.2, 0.25) is 0 Å². The Balaban J connectivity index is 2.23. The third kappa shape index (κ3) is 2.52. The van der Waals surface area contributed by atoms with Gasteiger partial charge in [-0.15, -0.1) is 5.10 Å². The van der Waals surface area contributed by atoms with Crippen LogP contribution in [0.3, 0.4) is 0 Å². The maximum atomic E-state index is 12.0. The second-order valence-electron chi connectivity index (χ2n) is 3.64. The van der Waals surface area contributed by atoms with Gasteiger partial charge in [0.25, 0.3) is 5.91 Å². The molecule has 2 aromatic rings. The highest BCUT2D eigenvalue weighted by atomic mass is 79.9. The minimum absolute atomic E-state index is 0.237. The molecule has 1 heterocycles. The first-order valence-electron chi connectivity index (χ1n) is 5.03. The number of H-pyrrole nitrogens is 1. The van der Waals surface area contributed by atoms with E-state index < -0.39 is 0 Å². The Morgan fingerprint density at radius 3 is 2.82 bits per heavy atom. The predicted octanol–water partition coefficient (Wildman–Crippen LogP) is 2.44. The first-order chi connectivity index (χ1) is 8.08. The Kier molecular flexibility index (Phi) is 3.23. The Morgan fingerprint density at radius 1 is 1.41 bits per heavy atom. The largest absolute Gasteiger partial charge is 0.289 e. The molecule has 0 bridgehead atoms. The maximum Gasteiger partial charge on any atom is 0.259 e. The van der Waals surface area contributed by atoms with Gasteiger partial charge in [-0.1, -0.05) is 12.1 Å². The van der Waals surface area contributed by atoms with Crippen molar-refractivity contribution in [3.05, 3.63) is 39.6 Å². The predicted molar refractivity (Wildman–Crippen MR) is 68.0 cm³/mol. The molecule has 0 aliphatic heterocycles. The van der Waals surface area contributed by atoms with Crippen LogP contribution in [0.25, 0.3) is 0 Å². The average Bonchev–Trinajstić information content (AvgIpc) is 2.68. The molecule has 5 nitrogen and oxygen atoms in total. The minimum Gasteiger partial charge on any atom is -0.289 e. The Morgan fingerprint density at radius 2 is 2.18 bits per heavy atom. The Labute approximate surface area is 107 Å². The fraction of sp³-hybridized carbons (Fsp3) is 0.182. The quantitative estimate of drug-likeness (QED) is 0.894. The number of carbonyl (C=O) groups is 1. The summed E-state index contributed by atoms with van der Waals surface area (Å²) in [4.78, 5) is 16.0. The van der Waals surface area contributed by atoms with Crippen LogP contribution in [0.1, 0.15) is 21.7 Å². The normalized spacial score (nSPS) is 10.3. The van der Waals surface area contributed by atoms with Crippen molar-refractivity contribution in [3.63, 3.8) is 0 Å². The van der Waals surface area contributed by atoms with Crippen molar-refractivity contribution in [1.82, 2.24) is 15.2 Å². The van der Waals surface area contributed by atoms with E-state index in [1.807, 2.05) is 19.1 Å². The van der Waals surface area contributed by atoms with Crippen LogP contribution < -0.4 is 5.32 Å². The highest BCUT2D eigenvalue weighted by molar-refractivity contribution is 9.10. The van der Waals surface area contributed by atoms with Gasteiger partial charge in [0.05, 0.1) is 5.56 Å². The SMILES string of the molecule is Cc1nc(NC(=O)c2cccc(C)c2Br)n[nH]1. The zero-order valence-corrected chi connectivity index (χ0v) is 11.0. The summed E-state index contributed by atoms with van der Waals surface area (Å²) in [7, 11) is 0. The van der Waals surface area contributed by atoms with Crippen LogP contribution in [-0.2, 0) is 0 Å². The molecule has 0 fully saturated rings. The highest BCUT2D eigenvalue weighted by Gasteiger charge is 2.13. The van der Waals surface area contributed by atoms with Gasteiger partial charge in [0.15, 0.2) is 0 Å². The lowest BCUT2D eigenvalue weighted by Gasteiger charge is -2.05. The number of halogens is 1. The molecule has 0 spiro atoms. The smallest absolute Gasteiger partial charge is 0.259 e. The zero-order valence-electron chi connectivity index (χ0n) is 9.41. The standard InChI is InChI=1S/C11H11BrN4O/c1-6-4-3-5-8(9(6)12)10(17)14-11-13-7(2)15-16-11/h3-5H,1-2H3,(H2,13,14,15,16,17). The first kappa shape index (κ1) is 11.8. The Bertz CT molecular complexity index is 564. The molecule has 0 unspecified atom stereocenters. The van der Waals surface area contributed by atoms with E-state index in [-0.39, 0.29) is 11.9 Å². The van der Waals surface area contributed by atoms with Crippen molar-refractivity contribution in [2.75, 3.05) is 5.32 Å². The number of aromatic amines is 1. The van der Waals surface area contributed by atoms with Crippen molar-refractivity contribution < 1.29 is 4.79 Å². The molecule has 0 saturated carbocycles. The number of hydrogen-bond acceptors (Lipinski definition) is 3. The lowest BCUT2D eigenvalue weighted by molar-refractivity contribution is 0.102. The lowest BCUT2D eigenvalue weighted by atomic mass is 10.1. The van der Waals surface area contributed by atoms with E-state index in [1.165, 1.54) is 0 Å². The number of hydrogen-bond donors (Lipinski definition) is 2. The maximum absolute atomic E-state index is 12.0. The molecule has 0 aliphatic rings. The van der Waals surface area contributed by atoms with Gasteiger partial charge in [-0.05, 0) is 41.4 Å². The first-order valence-corrected chi connectivity index (χ1v) is 5.82. The number of nitrogens with zero attached hydrogens (tertiary/aromatic N) is 2. The number of rotatable bonds is 2. The summed E-state index contributed by atoms with van der Waals surface area (Å²) in [6.45, 7) is 3.70. The third-order valence-electron chi connectivity index (χ3n) is 2.26. The molecule has 0 radical (unpaired) electrons. The highest BCUT2D eigenvalue weighted by Crippen LogP contribution is 2.21. The van der Waals surface area contributed by atoms with Gasteiger partial charge in [0.2, 0.25) is 5.95 Å². The van der Waals surface area contributed by atoms with Gasteiger partial charge in [-0.25, -0.2) is 0 Å².